The average Bonchev–Trinajstić information content (AvgIpc) is 2.94. The van der Waals surface area contributed by atoms with Crippen molar-refractivity contribution >= 4 is 15.9 Å². The molecule has 0 unspecified atom stereocenters. The molecule has 0 saturated heterocycles. The Hall–Kier alpha value is 0.400. The van der Waals surface area contributed by atoms with E-state index in [4.69, 9.17) is 0 Å². The van der Waals surface area contributed by atoms with Crippen LogP contribution in [-0.2, 0) is 0 Å². The van der Waals surface area contributed by atoms with Crippen molar-refractivity contribution in [3.05, 3.63) is 0 Å². The lowest BCUT2D eigenvalue weighted by Crippen LogP contribution is -2.66. The summed E-state index contributed by atoms with van der Waals surface area (Å²) in [4.78, 5) is 0.504. The quantitative estimate of drug-likeness (QED) is 0.652. The van der Waals surface area contributed by atoms with Crippen LogP contribution in [0.25, 0.3) is 0 Å². The van der Waals surface area contributed by atoms with Crippen molar-refractivity contribution in [3.63, 3.8) is 0 Å². The van der Waals surface area contributed by atoms with Crippen LogP contribution in [0.3, 0.4) is 0 Å². The van der Waals surface area contributed by atoms with E-state index in [1.165, 1.54) is 12.8 Å². The van der Waals surface area contributed by atoms with Gasteiger partial charge in [0.15, 0.2) is 0 Å². The van der Waals surface area contributed by atoms with Crippen molar-refractivity contribution in [2.24, 2.45) is 34.5 Å². The standard InChI is InChI=1S/C20H33BrO2/c1-12(2)20(23)11-13-9-14-16-17(3,7-8-19(14,20)10-13)15(21)5-6-18(16,4)22/h12-16,22-23H,5-11H2,1-4H3/t13-,14-,15-,16-,17+,18+,19+,20+/m0/s1. The number of hydrogen-bond acceptors (Lipinski definition) is 2. The number of hydrogen-bond donors (Lipinski definition) is 2. The van der Waals surface area contributed by atoms with Gasteiger partial charge in [0.2, 0.25) is 0 Å². The summed E-state index contributed by atoms with van der Waals surface area (Å²) in [7, 11) is 0. The van der Waals surface area contributed by atoms with Crippen LogP contribution in [0, 0.1) is 34.5 Å². The molecule has 4 rings (SSSR count). The predicted molar refractivity (Wildman–Crippen MR) is 96.5 cm³/mol. The highest BCUT2D eigenvalue weighted by Gasteiger charge is 2.73. The molecular formula is C20H33BrO2. The third kappa shape index (κ3) is 1.88. The van der Waals surface area contributed by atoms with Crippen LogP contribution in [0.5, 0.6) is 0 Å². The molecule has 4 aliphatic rings. The predicted octanol–water partition coefficient (Wildman–Crippen LogP) is 4.51. The summed E-state index contributed by atoms with van der Waals surface area (Å²) in [5, 5.41) is 23.0. The third-order valence-corrected chi connectivity index (χ3v) is 10.4. The van der Waals surface area contributed by atoms with Gasteiger partial charge in [0.1, 0.15) is 0 Å². The minimum Gasteiger partial charge on any atom is -0.390 e. The Morgan fingerprint density at radius 2 is 1.74 bits per heavy atom. The second kappa shape index (κ2) is 4.76. The van der Waals surface area contributed by atoms with Gasteiger partial charge in [0.25, 0.3) is 0 Å². The SMILES string of the molecule is CC(C)[C@]1(O)C[C@H]2C[C@H]3[C@H]4[C@](C)(CC[C@@]31C2)[C@@H](Br)CC[C@@]4(C)O. The lowest BCUT2D eigenvalue weighted by atomic mass is 9.42. The maximum Gasteiger partial charge on any atom is 0.0731 e. The topological polar surface area (TPSA) is 40.5 Å². The number of aliphatic hydroxyl groups is 2. The molecule has 0 aliphatic heterocycles. The van der Waals surface area contributed by atoms with E-state index in [1.54, 1.807) is 0 Å². The molecule has 23 heavy (non-hydrogen) atoms. The molecular weight excluding hydrogens is 352 g/mol. The van der Waals surface area contributed by atoms with Crippen LogP contribution in [0.4, 0.5) is 0 Å². The minimum atomic E-state index is -0.584. The first-order valence-electron chi connectivity index (χ1n) is 9.66. The summed E-state index contributed by atoms with van der Waals surface area (Å²) in [6.45, 7) is 8.88. The van der Waals surface area contributed by atoms with Crippen LogP contribution >= 0.6 is 15.9 Å². The number of fused-ring (bicyclic) bond motifs is 3. The summed E-state index contributed by atoms with van der Waals surface area (Å²) in [5.41, 5.74) is -0.874. The van der Waals surface area contributed by atoms with Gasteiger partial charge in [-0.15, -0.1) is 0 Å². The van der Waals surface area contributed by atoms with Crippen LogP contribution in [0.2, 0.25) is 0 Å². The zero-order valence-electron chi connectivity index (χ0n) is 15.1. The molecule has 4 saturated carbocycles. The lowest BCUT2D eigenvalue weighted by molar-refractivity contribution is -0.225. The maximum absolute atomic E-state index is 11.7. The molecule has 8 atom stereocenters. The molecule has 0 radical (unpaired) electrons. The molecule has 2 nitrogen and oxygen atoms in total. The van der Waals surface area contributed by atoms with Gasteiger partial charge in [-0.2, -0.15) is 0 Å². The van der Waals surface area contributed by atoms with Crippen molar-refractivity contribution in [2.75, 3.05) is 0 Å². The highest BCUT2D eigenvalue weighted by molar-refractivity contribution is 9.09. The van der Waals surface area contributed by atoms with E-state index in [1.807, 2.05) is 0 Å². The van der Waals surface area contributed by atoms with Crippen LogP contribution in [0.1, 0.15) is 72.6 Å². The van der Waals surface area contributed by atoms with Crippen molar-refractivity contribution in [1.82, 2.24) is 0 Å². The normalized spacial score (nSPS) is 61.6. The molecule has 1 spiro atoms. The maximum atomic E-state index is 11.7. The van der Waals surface area contributed by atoms with Crippen molar-refractivity contribution in [3.8, 4) is 0 Å². The third-order valence-electron chi connectivity index (χ3n) is 8.88. The Morgan fingerprint density at radius 3 is 2.39 bits per heavy atom. The fraction of sp³-hybridized carbons (Fsp3) is 1.00. The first-order valence-corrected chi connectivity index (χ1v) is 10.6. The van der Waals surface area contributed by atoms with Gasteiger partial charge in [0.05, 0.1) is 11.2 Å². The van der Waals surface area contributed by atoms with Gasteiger partial charge in [-0.25, -0.2) is 0 Å². The number of halogens is 1. The molecule has 2 N–H and O–H groups in total. The fourth-order valence-corrected chi connectivity index (χ4v) is 8.65. The summed E-state index contributed by atoms with van der Waals surface area (Å²) in [5.74, 6) is 1.79. The van der Waals surface area contributed by atoms with Crippen LogP contribution < -0.4 is 0 Å². The largest absolute Gasteiger partial charge is 0.390 e. The van der Waals surface area contributed by atoms with Gasteiger partial charge in [-0.1, -0.05) is 36.7 Å². The Bertz CT molecular complexity index is 518. The first kappa shape index (κ1) is 16.8. The summed E-state index contributed by atoms with van der Waals surface area (Å²) in [6.07, 6.45) is 7.66. The molecule has 0 aromatic rings. The molecule has 2 bridgehead atoms. The van der Waals surface area contributed by atoms with E-state index in [0.717, 1.165) is 32.1 Å². The molecule has 0 aromatic heterocycles. The molecule has 4 fully saturated rings. The van der Waals surface area contributed by atoms with E-state index in [9.17, 15) is 10.2 Å². The zero-order valence-corrected chi connectivity index (χ0v) is 16.7. The Morgan fingerprint density at radius 1 is 1.04 bits per heavy atom. The second-order valence-corrected chi connectivity index (χ2v) is 11.3. The summed E-state index contributed by atoms with van der Waals surface area (Å²) in [6, 6.07) is 0. The molecule has 132 valence electrons. The highest BCUT2D eigenvalue weighted by atomic mass is 79.9. The number of rotatable bonds is 1. The fourth-order valence-electron chi connectivity index (χ4n) is 7.91. The van der Waals surface area contributed by atoms with Gasteiger partial charge in [0, 0.05) is 10.2 Å². The van der Waals surface area contributed by atoms with Crippen LogP contribution in [-0.4, -0.2) is 26.2 Å². The highest BCUT2D eigenvalue weighted by Crippen LogP contribution is 2.75. The molecule has 0 aromatic carbocycles. The Labute approximate surface area is 149 Å². The smallest absolute Gasteiger partial charge is 0.0731 e. The van der Waals surface area contributed by atoms with Gasteiger partial charge < -0.3 is 10.2 Å². The zero-order chi connectivity index (χ0) is 16.8. The summed E-state index contributed by atoms with van der Waals surface area (Å²) < 4.78 is 0. The number of alkyl halides is 1. The van der Waals surface area contributed by atoms with E-state index in [2.05, 4.69) is 43.6 Å². The van der Waals surface area contributed by atoms with Gasteiger partial charge >= 0.3 is 0 Å². The van der Waals surface area contributed by atoms with Crippen molar-refractivity contribution < 1.29 is 10.2 Å². The first-order chi connectivity index (χ1) is 10.6. The van der Waals surface area contributed by atoms with Gasteiger partial charge in [-0.05, 0) is 81.0 Å². The van der Waals surface area contributed by atoms with E-state index < -0.39 is 11.2 Å². The Balaban J connectivity index is 1.81. The van der Waals surface area contributed by atoms with Gasteiger partial charge in [-0.3, -0.25) is 0 Å². The molecule has 3 heteroatoms. The molecule has 4 aliphatic carbocycles. The average molecular weight is 385 g/mol. The monoisotopic (exact) mass is 384 g/mol. The Kier molecular flexibility index (Phi) is 3.49. The van der Waals surface area contributed by atoms with E-state index >= 15 is 0 Å². The lowest BCUT2D eigenvalue weighted by Gasteiger charge is -2.65. The molecule has 0 heterocycles. The van der Waals surface area contributed by atoms with Crippen molar-refractivity contribution in [1.29, 1.82) is 0 Å². The minimum absolute atomic E-state index is 0.0596. The van der Waals surface area contributed by atoms with E-state index in [-0.39, 0.29) is 10.8 Å². The second-order valence-electron chi connectivity index (χ2n) is 10.2. The summed E-state index contributed by atoms with van der Waals surface area (Å²) >= 11 is 3.97. The molecule has 0 amide bonds. The van der Waals surface area contributed by atoms with Crippen molar-refractivity contribution in [2.45, 2.75) is 88.7 Å². The van der Waals surface area contributed by atoms with E-state index in [0.29, 0.717) is 28.5 Å². The van der Waals surface area contributed by atoms with Crippen LogP contribution in [0.15, 0.2) is 0 Å².